The smallest absolute Gasteiger partial charge is 0.160 e. The summed E-state index contributed by atoms with van der Waals surface area (Å²) in [7, 11) is 0. The molecule has 0 bridgehead atoms. The van der Waals surface area contributed by atoms with Crippen LogP contribution in [-0.4, -0.2) is 36.5 Å². The Balaban J connectivity index is 1.15. The third-order valence-corrected chi connectivity index (χ3v) is 8.37. The van der Waals surface area contributed by atoms with Gasteiger partial charge < -0.3 is 19.7 Å². The van der Waals surface area contributed by atoms with Crippen LogP contribution in [0.5, 0.6) is 0 Å². The molecule has 1 aliphatic carbocycles. The molecule has 3 atom stereocenters. The minimum absolute atomic E-state index is 0.0439. The van der Waals surface area contributed by atoms with Gasteiger partial charge in [-0.1, -0.05) is 47.5 Å². The maximum Gasteiger partial charge on any atom is 0.160 e. The fraction of sp³-hybridized carbons (Fsp3) is 0.344. The number of hydrogen-bond acceptors (Lipinski definition) is 6. The Hall–Kier alpha value is -3.23. The number of anilines is 1. The van der Waals surface area contributed by atoms with E-state index in [1.807, 2.05) is 42.6 Å². The molecule has 41 heavy (non-hydrogen) atoms. The molecule has 0 radical (unpaired) electrons. The number of hydrogen-bond donors (Lipinski definition) is 2. The van der Waals surface area contributed by atoms with Crippen molar-refractivity contribution in [1.82, 2.24) is 19.5 Å². The molecule has 0 aliphatic heterocycles. The largest absolute Gasteiger partial charge is 0.366 e. The summed E-state index contributed by atoms with van der Waals surface area (Å²) < 4.78 is 8.30. The van der Waals surface area contributed by atoms with Gasteiger partial charge in [0.25, 0.3) is 0 Å². The molecule has 5 aromatic rings. The third-order valence-electron chi connectivity index (χ3n) is 7.81. The van der Waals surface area contributed by atoms with Crippen molar-refractivity contribution < 1.29 is 9.84 Å². The molecule has 9 heteroatoms. The Morgan fingerprint density at radius 2 is 1.78 bits per heavy atom. The molecule has 0 amide bonds. The van der Waals surface area contributed by atoms with Crippen LogP contribution in [0.3, 0.4) is 0 Å². The Bertz CT molecular complexity index is 1670. The van der Waals surface area contributed by atoms with E-state index in [0.717, 1.165) is 64.0 Å². The second-order valence-corrected chi connectivity index (χ2v) is 12.2. The first-order valence-electron chi connectivity index (χ1n) is 14.0. The predicted octanol–water partition coefficient (Wildman–Crippen LogP) is 7.60. The van der Waals surface area contributed by atoms with Gasteiger partial charge in [0.1, 0.15) is 22.9 Å². The van der Waals surface area contributed by atoms with Crippen molar-refractivity contribution in [2.75, 3.05) is 5.32 Å². The Kier molecular flexibility index (Phi) is 7.88. The number of ether oxygens (including phenoxy) is 1. The van der Waals surface area contributed by atoms with Crippen molar-refractivity contribution in [3.05, 3.63) is 94.5 Å². The summed E-state index contributed by atoms with van der Waals surface area (Å²) in [6.45, 7) is 4.05. The van der Waals surface area contributed by atoms with Gasteiger partial charge in [0.2, 0.25) is 0 Å². The quantitative estimate of drug-likeness (QED) is 0.136. The average Bonchev–Trinajstić information content (AvgIpc) is 3.55. The van der Waals surface area contributed by atoms with Gasteiger partial charge in [0.15, 0.2) is 5.79 Å². The van der Waals surface area contributed by atoms with E-state index in [2.05, 4.69) is 44.1 Å². The number of fused-ring (bicyclic) bond motifs is 2. The van der Waals surface area contributed by atoms with E-state index in [0.29, 0.717) is 17.6 Å². The van der Waals surface area contributed by atoms with Crippen molar-refractivity contribution >= 4 is 51.0 Å². The number of halogens is 2. The van der Waals surface area contributed by atoms with Gasteiger partial charge in [-0.05, 0) is 93.0 Å². The maximum atomic E-state index is 10.5. The predicted molar refractivity (Wildman–Crippen MR) is 164 cm³/mol. The van der Waals surface area contributed by atoms with Crippen molar-refractivity contribution in [2.45, 2.75) is 64.0 Å². The van der Waals surface area contributed by atoms with Crippen LogP contribution >= 0.6 is 23.2 Å². The summed E-state index contributed by atoms with van der Waals surface area (Å²) in [6.07, 6.45) is 7.09. The normalized spacial score (nSPS) is 19.3. The number of nitrogens with one attached hydrogen (secondary N) is 1. The van der Waals surface area contributed by atoms with Crippen molar-refractivity contribution in [2.24, 2.45) is 5.92 Å². The molecule has 3 heterocycles. The molecular formula is C32H33Cl2N5O2. The standard InChI is InChI=1S/C32H33Cl2N5O2/c1-32(2,40)41-28-17-22(16-27(28)39-14-13-25-30(34)36-19-37-31(25)39)4-3-20-5-8-23-9-12-29(38-26(23)15-20)35-18-21-6-10-24(33)11-7-21/h5-15,19,22,27-28,40H,3-4,16-18H2,1-2H3,(H,35,38). The van der Waals surface area contributed by atoms with E-state index in [1.165, 1.54) is 11.9 Å². The van der Waals surface area contributed by atoms with Crippen LogP contribution in [0.4, 0.5) is 5.82 Å². The maximum absolute atomic E-state index is 10.5. The third kappa shape index (κ3) is 6.49. The molecule has 1 aliphatic rings. The van der Waals surface area contributed by atoms with Crippen LogP contribution in [0, 0.1) is 5.92 Å². The van der Waals surface area contributed by atoms with Crippen LogP contribution in [-0.2, 0) is 17.7 Å². The molecule has 1 fully saturated rings. The lowest BCUT2D eigenvalue weighted by Crippen LogP contribution is -2.33. The number of rotatable bonds is 9. The van der Waals surface area contributed by atoms with Gasteiger partial charge in [-0.15, -0.1) is 0 Å². The van der Waals surface area contributed by atoms with Gasteiger partial charge in [-0.25, -0.2) is 15.0 Å². The summed E-state index contributed by atoms with van der Waals surface area (Å²) in [4.78, 5) is 13.5. The van der Waals surface area contributed by atoms with Gasteiger partial charge in [0.05, 0.1) is 23.0 Å². The van der Waals surface area contributed by atoms with E-state index in [9.17, 15) is 5.11 Å². The number of pyridine rings is 1. The topological polar surface area (TPSA) is 85.1 Å². The number of nitrogens with zero attached hydrogens (tertiary/aromatic N) is 4. The summed E-state index contributed by atoms with van der Waals surface area (Å²) in [6, 6.07) is 20.5. The monoisotopic (exact) mass is 589 g/mol. The first-order chi connectivity index (χ1) is 19.7. The Morgan fingerprint density at radius 3 is 2.59 bits per heavy atom. The molecule has 3 unspecified atom stereocenters. The van der Waals surface area contributed by atoms with Crippen LogP contribution in [0.15, 0.2) is 73.2 Å². The van der Waals surface area contributed by atoms with Crippen molar-refractivity contribution in [3.8, 4) is 0 Å². The molecule has 212 valence electrons. The van der Waals surface area contributed by atoms with Crippen LogP contribution in [0.25, 0.3) is 21.9 Å². The van der Waals surface area contributed by atoms with E-state index >= 15 is 0 Å². The molecule has 0 spiro atoms. The van der Waals surface area contributed by atoms with Gasteiger partial charge in [0, 0.05) is 23.2 Å². The van der Waals surface area contributed by atoms with E-state index < -0.39 is 5.79 Å². The zero-order chi connectivity index (χ0) is 28.6. The van der Waals surface area contributed by atoms with Crippen LogP contribution < -0.4 is 5.32 Å². The minimum atomic E-state index is -1.23. The summed E-state index contributed by atoms with van der Waals surface area (Å²) in [5.41, 5.74) is 4.18. The molecule has 6 rings (SSSR count). The fourth-order valence-electron chi connectivity index (χ4n) is 5.89. The zero-order valence-electron chi connectivity index (χ0n) is 23.1. The first-order valence-corrected chi connectivity index (χ1v) is 14.7. The van der Waals surface area contributed by atoms with Gasteiger partial charge in [-0.3, -0.25) is 0 Å². The van der Waals surface area contributed by atoms with E-state index in [4.69, 9.17) is 32.9 Å². The lowest BCUT2D eigenvalue weighted by atomic mass is 9.97. The highest BCUT2D eigenvalue weighted by Gasteiger charge is 2.39. The Morgan fingerprint density at radius 1 is 1.00 bits per heavy atom. The van der Waals surface area contributed by atoms with Crippen molar-refractivity contribution in [1.29, 1.82) is 0 Å². The highest BCUT2D eigenvalue weighted by molar-refractivity contribution is 6.33. The fourth-order valence-corrected chi connectivity index (χ4v) is 6.21. The van der Waals surface area contributed by atoms with Crippen LogP contribution in [0.1, 0.15) is 50.3 Å². The summed E-state index contributed by atoms with van der Waals surface area (Å²) in [5, 5.41) is 17.0. The summed E-state index contributed by atoms with van der Waals surface area (Å²) >= 11 is 12.3. The zero-order valence-corrected chi connectivity index (χ0v) is 24.6. The summed E-state index contributed by atoms with van der Waals surface area (Å²) in [5.74, 6) is 0.0484. The number of aliphatic hydroxyl groups is 1. The molecule has 2 aromatic carbocycles. The first kappa shape index (κ1) is 27.9. The number of aromatic nitrogens is 4. The molecular weight excluding hydrogens is 557 g/mol. The second-order valence-electron chi connectivity index (χ2n) is 11.4. The average molecular weight is 591 g/mol. The van der Waals surface area contributed by atoms with E-state index in [-0.39, 0.29) is 12.1 Å². The highest BCUT2D eigenvalue weighted by Crippen LogP contribution is 2.42. The lowest BCUT2D eigenvalue weighted by molar-refractivity contribution is -0.210. The molecule has 1 saturated carbocycles. The van der Waals surface area contributed by atoms with Crippen molar-refractivity contribution in [3.63, 3.8) is 0 Å². The molecule has 2 N–H and O–H groups in total. The van der Waals surface area contributed by atoms with E-state index in [1.54, 1.807) is 13.8 Å². The van der Waals surface area contributed by atoms with Gasteiger partial charge in [-0.2, -0.15) is 0 Å². The van der Waals surface area contributed by atoms with Gasteiger partial charge >= 0.3 is 0 Å². The molecule has 3 aromatic heterocycles. The Labute approximate surface area is 249 Å². The minimum Gasteiger partial charge on any atom is -0.366 e. The number of aryl methyl sites for hydroxylation is 1. The SMILES string of the molecule is CC(C)(O)OC1CC(CCc2ccc3ccc(NCc4ccc(Cl)cc4)nc3c2)CC1n1ccc2c(Cl)ncnc21. The molecule has 0 saturated heterocycles. The lowest BCUT2D eigenvalue weighted by Gasteiger charge is -2.28. The van der Waals surface area contributed by atoms with Crippen LogP contribution in [0.2, 0.25) is 10.2 Å². The second kappa shape index (κ2) is 11.6. The molecule has 7 nitrogen and oxygen atoms in total. The number of benzene rings is 2. The highest BCUT2D eigenvalue weighted by atomic mass is 35.5.